The Morgan fingerprint density at radius 1 is 1.24 bits per heavy atom. The molecule has 0 saturated carbocycles. The van der Waals surface area contributed by atoms with E-state index in [0.29, 0.717) is 5.56 Å². The summed E-state index contributed by atoms with van der Waals surface area (Å²) >= 11 is 0. The molecule has 0 fully saturated rings. The number of hydrogen-bond donors (Lipinski definition) is 1. The van der Waals surface area contributed by atoms with Crippen LogP contribution in [0.3, 0.4) is 0 Å². The summed E-state index contributed by atoms with van der Waals surface area (Å²) in [5, 5.41) is 8.68. The zero-order valence-corrected chi connectivity index (χ0v) is 11.2. The van der Waals surface area contributed by atoms with Crippen molar-refractivity contribution in [2.45, 2.75) is 33.0 Å². The average molecular weight is 299 g/mol. The summed E-state index contributed by atoms with van der Waals surface area (Å²) in [7, 11) is 1.33. The number of methoxy groups -OCH3 is 1. The maximum absolute atomic E-state index is 12.0. The van der Waals surface area contributed by atoms with Crippen LogP contribution in [0.4, 0.5) is 0 Å². The summed E-state index contributed by atoms with van der Waals surface area (Å²) in [5.41, 5.74) is 0.567. The molecule has 1 N–H and O–H groups in total. The lowest BCUT2D eigenvalue weighted by Gasteiger charge is -2.18. The van der Waals surface area contributed by atoms with Gasteiger partial charge in [-0.3, -0.25) is 9.59 Å². The Morgan fingerprint density at radius 2 is 1.81 bits per heavy atom. The summed E-state index contributed by atoms with van der Waals surface area (Å²) in [6.45, 7) is 1.17. The number of ketones is 1. The number of rotatable bonds is 7. The molecule has 2 atom stereocenters. The van der Waals surface area contributed by atoms with Crippen LogP contribution >= 0.6 is 0 Å². The highest BCUT2D eigenvalue weighted by Gasteiger charge is 2.28. The van der Waals surface area contributed by atoms with E-state index < -0.39 is 36.4 Å². The van der Waals surface area contributed by atoms with E-state index in [0.717, 1.165) is 0 Å². The normalized spacial score (nSPS) is 12.7. The van der Waals surface area contributed by atoms with Crippen molar-refractivity contribution in [1.82, 2.24) is 0 Å². The number of aliphatic carboxylic acids is 1. The van der Waals surface area contributed by atoms with Gasteiger partial charge in [0.2, 0.25) is 0 Å². The minimum atomic E-state index is -1.30. The van der Waals surface area contributed by atoms with E-state index in [-0.39, 0.29) is 8.85 Å². The SMILES string of the molecule is C.COC(C(=O)OC(CC(=O)O)C(C)=O)c1ccccc1.[2HH]. The van der Waals surface area contributed by atoms with E-state index in [1.165, 1.54) is 14.0 Å². The van der Waals surface area contributed by atoms with E-state index in [1.807, 2.05) is 0 Å². The van der Waals surface area contributed by atoms with Gasteiger partial charge < -0.3 is 14.6 Å². The van der Waals surface area contributed by atoms with Crippen molar-refractivity contribution in [1.29, 1.82) is 0 Å². The van der Waals surface area contributed by atoms with Gasteiger partial charge in [-0.25, -0.2) is 4.79 Å². The highest BCUT2D eigenvalue weighted by molar-refractivity contribution is 5.88. The predicted molar refractivity (Wildman–Crippen MR) is 77.9 cm³/mol. The number of carbonyl (C=O) groups is 3. The van der Waals surface area contributed by atoms with Crippen LogP contribution in [0.1, 0.15) is 33.9 Å². The topological polar surface area (TPSA) is 89.9 Å². The summed E-state index contributed by atoms with van der Waals surface area (Å²) in [6, 6.07) is 8.60. The monoisotopic (exact) mass is 299 g/mol. The van der Waals surface area contributed by atoms with Crippen LogP contribution in [0.5, 0.6) is 0 Å². The number of esters is 1. The average Bonchev–Trinajstić information content (AvgIpc) is 2.39. The molecule has 0 bridgehead atoms. The van der Waals surface area contributed by atoms with Crippen LogP contribution in [0, 0.1) is 0 Å². The number of Topliss-reactive ketones (excluding diaryl/α,β-unsaturated/α-hetero) is 1. The molecule has 1 aromatic carbocycles. The fraction of sp³-hybridized carbons (Fsp3) is 0.400. The molecule has 0 amide bonds. The van der Waals surface area contributed by atoms with E-state index in [9.17, 15) is 14.4 Å². The van der Waals surface area contributed by atoms with Crippen molar-refractivity contribution >= 4 is 17.7 Å². The van der Waals surface area contributed by atoms with Crippen molar-refractivity contribution in [3.8, 4) is 0 Å². The smallest absolute Gasteiger partial charge is 0.340 e. The quantitative estimate of drug-likeness (QED) is 0.776. The third-order valence-electron chi connectivity index (χ3n) is 2.62. The molecule has 1 aromatic rings. The maximum atomic E-state index is 12.0. The van der Waals surface area contributed by atoms with E-state index >= 15 is 0 Å². The van der Waals surface area contributed by atoms with Gasteiger partial charge in [-0.05, 0) is 12.5 Å². The molecule has 0 aromatic heterocycles. The molecule has 2 unspecified atom stereocenters. The second-order valence-corrected chi connectivity index (χ2v) is 4.16. The number of carboxylic acid groups (broad SMARTS) is 1. The fourth-order valence-corrected chi connectivity index (χ4v) is 1.63. The largest absolute Gasteiger partial charge is 0.481 e. The molecule has 0 heterocycles. The van der Waals surface area contributed by atoms with Crippen LogP contribution in [-0.2, 0) is 23.9 Å². The number of hydrogen-bond acceptors (Lipinski definition) is 5. The van der Waals surface area contributed by atoms with Gasteiger partial charge >= 0.3 is 11.9 Å². The molecule has 0 aliphatic heterocycles. The van der Waals surface area contributed by atoms with Gasteiger partial charge in [0.05, 0.1) is 6.42 Å². The third kappa shape index (κ3) is 5.74. The highest BCUT2D eigenvalue weighted by atomic mass is 16.6. The lowest BCUT2D eigenvalue weighted by atomic mass is 10.1. The molecule has 0 saturated heterocycles. The van der Waals surface area contributed by atoms with Crippen molar-refractivity contribution in [2.75, 3.05) is 7.11 Å². The van der Waals surface area contributed by atoms with Gasteiger partial charge in [0.1, 0.15) is 0 Å². The molecule has 6 nitrogen and oxygen atoms in total. The predicted octanol–water partition coefficient (Wildman–Crippen LogP) is 2.23. The van der Waals surface area contributed by atoms with Gasteiger partial charge in [-0.15, -0.1) is 0 Å². The van der Waals surface area contributed by atoms with Crippen LogP contribution in [0.25, 0.3) is 0 Å². The maximum Gasteiger partial charge on any atom is 0.340 e. The van der Waals surface area contributed by atoms with Crippen LogP contribution in [0.2, 0.25) is 0 Å². The molecular weight excluding hydrogens is 276 g/mol. The van der Waals surface area contributed by atoms with Gasteiger partial charge in [0.25, 0.3) is 0 Å². The lowest BCUT2D eigenvalue weighted by Crippen LogP contribution is -2.31. The van der Waals surface area contributed by atoms with E-state index in [4.69, 9.17) is 14.6 Å². The van der Waals surface area contributed by atoms with Crippen molar-refractivity contribution < 1.29 is 30.4 Å². The molecule has 0 aliphatic rings. The van der Waals surface area contributed by atoms with Crippen molar-refractivity contribution in [3.05, 3.63) is 35.9 Å². The minimum Gasteiger partial charge on any atom is -0.481 e. The molecule has 6 heteroatoms. The third-order valence-corrected chi connectivity index (χ3v) is 2.62. The van der Waals surface area contributed by atoms with Gasteiger partial charge in [0.15, 0.2) is 18.0 Å². The fourth-order valence-electron chi connectivity index (χ4n) is 1.63. The first-order valence-electron chi connectivity index (χ1n) is 5.96. The Morgan fingerprint density at radius 3 is 2.24 bits per heavy atom. The van der Waals surface area contributed by atoms with Crippen LogP contribution in [-0.4, -0.2) is 36.0 Å². The van der Waals surface area contributed by atoms with Gasteiger partial charge in [0, 0.05) is 8.54 Å². The van der Waals surface area contributed by atoms with Crippen molar-refractivity contribution in [3.63, 3.8) is 0 Å². The first-order valence-corrected chi connectivity index (χ1v) is 5.96. The summed E-state index contributed by atoms with van der Waals surface area (Å²) in [5.74, 6) is -2.53. The van der Waals surface area contributed by atoms with Gasteiger partial charge in [-0.2, -0.15) is 0 Å². The van der Waals surface area contributed by atoms with Gasteiger partial charge in [-0.1, -0.05) is 37.8 Å². The molecule has 0 spiro atoms. The number of ether oxygens (including phenoxy) is 2. The molecular formula is C15H22O6. The minimum absolute atomic E-state index is 0. The Kier molecular flexibility index (Phi) is 7.93. The second-order valence-electron chi connectivity index (χ2n) is 4.16. The second kappa shape index (κ2) is 8.86. The zero-order chi connectivity index (χ0) is 15.1. The molecule has 21 heavy (non-hydrogen) atoms. The van der Waals surface area contributed by atoms with Crippen molar-refractivity contribution in [2.24, 2.45) is 0 Å². The Labute approximate surface area is 125 Å². The Hall–Kier alpha value is -2.21. The zero-order valence-electron chi connectivity index (χ0n) is 11.2. The Bertz CT molecular complexity index is 488. The number of carbonyl (C=O) groups excluding carboxylic acids is 2. The van der Waals surface area contributed by atoms with E-state index in [2.05, 4.69) is 0 Å². The Balaban J connectivity index is 0. The van der Waals surface area contributed by atoms with E-state index in [1.54, 1.807) is 30.3 Å². The first-order chi connectivity index (χ1) is 9.45. The molecule has 118 valence electrons. The summed E-state index contributed by atoms with van der Waals surface area (Å²) in [4.78, 5) is 33.9. The standard InChI is InChI=1S/C14H16O6.CH4.H2/c1-9(15)11(8-12(16)17)20-14(18)13(19-2)10-6-4-3-5-7-10;;/h3-7,11,13H,8H2,1-2H3,(H,16,17);1H4;1H/i;;1+1. The molecule has 1 rings (SSSR count). The number of benzene rings is 1. The number of carboxylic acids is 1. The first kappa shape index (κ1) is 18.8. The van der Waals surface area contributed by atoms with Crippen LogP contribution in [0.15, 0.2) is 30.3 Å². The molecule has 0 radical (unpaired) electrons. The molecule has 0 aliphatic carbocycles. The van der Waals surface area contributed by atoms with Crippen LogP contribution < -0.4 is 0 Å². The lowest BCUT2D eigenvalue weighted by molar-refractivity contribution is -0.167. The summed E-state index contributed by atoms with van der Waals surface area (Å²) < 4.78 is 9.99. The summed E-state index contributed by atoms with van der Waals surface area (Å²) in [6.07, 6.45) is -2.86. The highest BCUT2D eigenvalue weighted by Crippen LogP contribution is 2.19.